The predicted octanol–water partition coefficient (Wildman–Crippen LogP) is 2.82. The first-order valence-electron chi connectivity index (χ1n) is 8.45. The zero-order valence-corrected chi connectivity index (χ0v) is 14.2. The zero-order valence-electron chi connectivity index (χ0n) is 14.2. The molecule has 1 fully saturated rings. The highest BCUT2D eigenvalue weighted by Crippen LogP contribution is 2.47. The molecule has 136 valence electrons. The molecule has 1 aromatic carbocycles. The maximum atomic E-state index is 12.0. The maximum absolute atomic E-state index is 12.0. The van der Waals surface area contributed by atoms with Crippen LogP contribution in [0.2, 0.25) is 0 Å². The van der Waals surface area contributed by atoms with E-state index >= 15 is 0 Å². The summed E-state index contributed by atoms with van der Waals surface area (Å²) in [5.74, 6) is -0.509. The minimum absolute atomic E-state index is 0.0414. The van der Waals surface area contributed by atoms with Gasteiger partial charge in [0, 0.05) is 30.7 Å². The standard InChI is InChI=1S/C18H18N2O6/c1-11-8-15(26-20-11)17(22)23-10-16(21)19-12-4-5-13-14(9-12)25-18(24-13)6-2-3-7-18/h4-5,8-9H,2-3,6-7,10H2,1H3,(H,19,21). The molecule has 2 heterocycles. The lowest BCUT2D eigenvalue weighted by Crippen LogP contribution is -2.34. The topological polar surface area (TPSA) is 99.9 Å². The lowest BCUT2D eigenvalue weighted by atomic mass is 10.2. The average molecular weight is 358 g/mol. The highest BCUT2D eigenvalue weighted by molar-refractivity contribution is 5.94. The third kappa shape index (κ3) is 3.22. The minimum Gasteiger partial charge on any atom is -0.450 e. The number of carbonyl (C=O) groups is 2. The molecule has 1 aromatic heterocycles. The van der Waals surface area contributed by atoms with Crippen molar-refractivity contribution in [3.05, 3.63) is 35.7 Å². The van der Waals surface area contributed by atoms with Gasteiger partial charge in [0.15, 0.2) is 18.1 Å². The number of ether oxygens (including phenoxy) is 3. The fraction of sp³-hybridized carbons (Fsp3) is 0.389. The number of hydrogen-bond donors (Lipinski definition) is 1. The molecule has 0 saturated heterocycles. The summed E-state index contributed by atoms with van der Waals surface area (Å²) in [6.07, 6.45) is 3.88. The quantitative estimate of drug-likeness (QED) is 0.839. The van der Waals surface area contributed by atoms with Crippen molar-refractivity contribution in [1.29, 1.82) is 0 Å². The van der Waals surface area contributed by atoms with Crippen molar-refractivity contribution in [3.63, 3.8) is 0 Å². The van der Waals surface area contributed by atoms with Crippen molar-refractivity contribution in [2.24, 2.45) is 0 Å². The molecule has 1 spiro atoms. The summed E-state index contributed by atoms with van der Waals surface area (Å²) in [5, 5.41) is 6.26. The summed E-state index contributed by atoms with van der Waals surface area (Å²) in [4.78, 5) is 23.7. The van der Waals surface area contributed by atoms with Gasteiger partial charge in [0.05, 0.1) is 5.69 Å². The van der Waals surface area contributed by atoms with Crippen LogP contribution in [-0.2, 0) is 9.53 Å². The second kappa shape index (κ2) is 6.36. The molecule has 1 amide bonds. The Bertz CT molecular complexity index is 853. The van der Waals surface area contributed by atoms with Gasteiger partial charge in [-0.15, -0.1) is 0 Å². The number of rotatable bonds is 4. The van der Waals surface area contributed by atoms with E-state index in [1.807, 2.05) is 0 Å². The second-order valence-corrected chi connectivity index (χ2v) is 6.44. The summed E-state index contributed by atoms with van der Waals surface area (Å²) in [7, 11) is 0. The van der Waals surface area contributed by atoms with Crippen LogP contribution in [-0.4, -0.2) is 29.4 Å². The molecule has 0 bridgehead atoms. The third-order valence-electron chi connectivity index (χ3n) is 4.35. The Morgan fingerprint density at radius 2 is 1.96 bits per heavy atom. The first-order chi connectivity index (χ1) is 12.5. The molecule has 2 aliphatic rings. The molecule has 1 aliphatic carbocycles. The Labute approximate surface area is 149 Å². The largest absolute Gasteiger partial charge is 0.450 e. The summed E-state index contributed by atoms with van der Waals surface area (Å²) < 4.78 is 21.6. The van der Waals surface area contributed by atoms with Gasteiger partial charge in [0.25, 0.3) is 11.7 Å². The van der Waals surface area contributed by atoms with Crippen molar-refractivity contribution in [3.8, 4) is 11.5 Å². The van der Waals surface area contributed by atoms with Crippen LogP contribution in [0.1, 0.15) is 41.9 Å². The Hall–Kier alpha value is -3.03. The van der Waals surface area contributed by atoms with Crippen molar-refractivity contribution < 1.29 is 28.3 Å². The van der Waals surface area contributed by atoms with Gasteiger partial charge in [-0.2, -0.15) is 0 Å². The number of aryl methyl sites for hydroxylation is 1. The number of nitrogens with zero attached hydrogens (tertiary/aromatic N) is 1. The van der Waals surface area contributed by atoms with E-state index in [-0.39, 0.29) is 5.76 Å². The van der Waals surface area contributed by atoms with Gasteiger partial charge < -0.3 is 24.1 Å². The number of carbonyl (C=O) groups excluding carboxylic acids is 2. The van der Waals surface area contributed by atoms with Crippen LogP contribution in [0.15, 0.2) is 28.8 Å². The Morgan fingerprint density at radius 1 is 1.19 bits per heavy atom. The van der Waals surface area contributed by atoms with Crippen LogP contribution in [0.4, 0.5) is 5.69 Å². The average Bonchev–Trinajstić information content (AvgIpc) is 3.33. The fourth-order valence-electron chi connectivity index (χ4n) is 3.15. The van der Waals surface area contributed by atoms with Crippen LogP contribution in [0, 0.1) is 6.92 Å². The van der Waals surface area contributed by atoms with Crippen molar-refractivity contribution in [1.82, 2.24) is 5.16 Å². The second-order valence-electron chi connectivity index (χ2n) is 6.44. The highest BCUT2D eigenvalue weighted by atomic mass is 16.7. The van der Waals surface area contributed by atoms with E-state index in [2.05, 4.69) is 10.5 Å². The maximum Gasteiger partial charge on any atom is 0.377 e. The van der Waals surface area contributed by atoms with Crippen LogP contribution < -0.4 is 14.8 Å². The summed E-state index contributed by atoms with van der Waals surface area (Å²) in [5.41, 5.74) is 1.10. The van der Waals surface area contributed by atoms with E-state index < -0.39 is 24.3 Å². The van der Waals surface area contributed by atoms with Crippen molar-refractivity contribution in [2.75, 3.05) is 11.9 Å². The van der Waals surface area contributed by atoms with Gasteiger partial charge in [-0.25, -0.2) is 4.79 Å². The van der Waals surface area contributed by atoms with Crippen molar-refractivity contribution >= 4 is 17.6 Å². The highest BCUT2D eigenvalue weighted by Gasteiger charge is 2.44. The molecular weight excluding hydrogens is 340 g/mol. The van der Waals surface area contributed by atoms with E-state index in [0.29, 0.717) is 22.9 Å². The fourth-order valence-corrected chi connectivity index (χ4v) is 3.15. The third-order valence-corrected chi connectivity index (χ3v) is 4.35. The van der Waals surface area contributed by atoms with Crippen LogP contribution >= 0.6 is 0 Å². The number of benzene rings is 1. The van der Waals surface area contributed by atoms with Crippen LogP contribution in [0.25, 0.3) is 0 Å². The normalized spacial score (nSPS) is 16.7. The molecule has 0 atom stereocenters. The number of nitrogens with one attached hydrogen (secondary N) is 1. The van der Waals surface area contributed by atoms with Gasteiger partial charge in [-0.3, -0.25) is 4.79 Å². The molecule has 2 aromatic rings. The molecule has 26 heavy (non-hydrogen) atoms. The first-order valence-corrected chi connectivity index (χ1v) is 8.45. The molecule has 0 radical (unpaired) electrons. The molecular formula is C18H18N2O6. The molecule has 1 aliphatic heterocycles. The lowest BCUT2D eigenvalue weighted by molar-refractivity contribution is -0.119. The van der Waals surface area contributed by atoms with Crippen LogP contribution in [0.5, 0.6) is 11.5 Å². The molecule has 1 N–H and O–H groups in total. The minimum atomic E-state index is -0.741. The Kier molecular flexibility index (Phi) is 4.02. The summed E-state index contributed by atoms with van der Waals surface area (Å²) >= 11 is 0. The SMILES string of the molecule is Cc1cc(C(=O)OCC(=O)Nc2ccc3c(c2)OC2(CCCC2)O3)on1. The molecule has 0 unspecified atom stereocenters. The molecule has 1 saturated carbocycles. The van der Waals surface area contributed by atoms with E-state index in [9.17, 15) is 9.59 Å². The zero-order chi connectivity index (χ0) is 18.1. The lowest BCUT2D eigenvalue weighted by Gasteiger charge is -2.21. The van der Waals surface area contributed by atoms with Crippen molar-refractivity contribution in [2.45, 2.75) is 38.4 Å². The van der Waals surface area contributed by atoms with Gasteiger partial charge in [0.2, 0.25) is 5.76 Å². The molecule has 8 nitrogen and oxygen atoms in total. The molecule has 4 rings (SSSR count). The number of anilines is 1. The first kappa shape index (κ1) is 16.4. The van der Waals surface area contributed by atoms with Gasteiger partial charge in [0.1, 0.15) is 0 Å². The monoisotopic (exact) mass is 358 g/mol. The summed E-state index contributed by atoms with van der Waals surface area (Å²) in [6.45, 7) is 1.25. The van der Waals surface area contributed by atoms with Crippen LogP contribution in [0.3, 0.4) is 0 Å². The van der Waals surface area contributed by atoms with Gasteiger partial charge >= 0.3 is 5.97 Å². The van der Waals surface area contributed by atoms with E-state index in [1.54, 1.807) is 25.1 Å². The summed E-state index contributed by atoms with van der Waals surface area (Å²) in [6, 6.07) is 6.63. The number of esters is 1. The number of amides is 1. The smallest absolute Gasteiger partial charge is 0.377 e. The van der Waals surface area contributed by atoms with E-state index in [1.165, 1.54) is 6.07 Å². The molecule has 8 heteroatoms. The van der Waals surface area contributed by atoms with Gasteiger partial charge in [-0.1, -0.05) is 5.16 Å². The van der Waals surface area contributed by atoms with Gasteiger partial charge in [-0.05, 0) is 31.9 Å². The Balaban J connectivity index is 1.33. The number of fused-ring (bicyclic) bond motifs is 1. The Morgan fingerprint density at radius 3 is 2.69 bits per heavy atom. The van der Waals surface area contributed by atoms with E-state index in [0.717, 1.165) is 25.7 Å². The number of aromatic nitrogens is 1. The predicted molar refractivity (Wildman–Crippen MR) is 89.0 cm³/mol. The van der Waals surface area contributed by atoms with E-state index in [4.69, 9.17) is 18.7 Å². The number of hydrogen-bond acceptors (Lipinski definition) is 7.